The van der Waals surface area contributed by atoms with Crippen LogP contribution in [0.3, 0.4) is 0 Å². The Morgan fingerprint density at radius 3 is 2.44 bits per heavy atom. The summed E-state index contributed by atoms with van der Waals surface area (Å²) < 4.78 is 7.91. The molecule has 4 aromatic rings. The van der Waals surface area contributed by atoms with Crippen molar-refractivity contribution in [2.24, 2.45) is 5.10 Å². The van der Waals surface area contributed by atoms with E-state index >= 15 is 0 Å². The van der Waals surface area contributed by atoms with Crippen LogP contribution in [0.15, 0.2) is 89.1 Å². The highest BCUT2D eigenvalue weighted by Gasteiger charge is 2.21. The molecule has 1 aliphatic carbocycles. The van der Waals surface area contributed by atoms with E-state index in [0.717, 1.165) is 23.2 Å². The normalized spacial score (nSPS) is 14.0. The highest BCUT2D eigenvalue weighted by molar-refractivity contribution is 8.15. The minimum atomic E-state index is -0.514. The number of benzene rings is 3. The number of nitrogens with zero attached hydrogens (tertiary/aromatic N) is 5. The smallest absolute Gasteiger partial charge is 0.294 e. The van der Waals surface area contributed by atoms with Crippen LogP contribution in [-0.4, -0.2) is 30.5 Å². The Morgan fingerprint density at radius 1 is 1.02 bits per heavy atom. The monoisotopic (exact) mass is 570 g/mol. The van der Waals surface area contributed by atoms with Gasteiger partial charge in [0.25, 0.3) is 5.69 Å². The van der Waals surface area contributed by atoms with Crippen LogP contribution in [0.25, 0.3) is 5.69 Å². The summed E-state index contributed by atoms with van der Waals surface area (Å²) in [6.07, 6.45) is 6.38. The number of ether oxygens (including phenoxy) is 1. The molecule has 0 aliphatic heterocycles. The molecule has 0 amide bonds. The summed E-state index contributed by atoms with van der Waals surface area (Å²) in [5.74, 6) is 1.57. The quantitative estimate of drug-likeness (QED) is 0.0717. The van der Waals surface area contributed by atoms with Crippen molar-refractivity contribution < 1.29 is 14.5 Å². The minimum absolute atomic E-state index is 0.0681. The van der Waals surface area contributed by atoms with Crippen LogP contribution in [0.4, 0.5) is 11.4 Å². The zero-order valence-electron chi connectivity index (χ0n) is 22.6. The van der Waals surface area contributed by atoms with Gasteiger partial charge < -0.3 is 4.74 Å². The second-order valence-electron chi connectivity index (χ2n) is 9.72. The zero-order valence-corrected chi connectivity index (χ0v) is 23.4. The summed E-state index contributed by atoms with van der Waals surface area (Å²) in [5.41, 5.74) is 4.83. The van der Waals surface area contributed by atoms with Crippen LogP contribution < -0.4 is 10.2 Å². The van der Waals surface area contributed by atoms with Crippen molar-refractivity contribution >= 4 is 34.0 Å². The molecule has 1 fully saturated rings. The van der Waals surface area contributed by atoms with Gasteiger partial charge in [0.2, 0.25) is 5.16 Å². The molecule has 3 aromatic carbocycles. The Balaban J connectivity index is 1.36. The fourth-order valence-electron chi connectivity index (χ4n) is 4.81. The third-order valence-corrected chi connectivity index (χ3v) is 7.93. The minimum Gasteiger partial charge on any atom is -0.486 e. The summed E-state index contributed by atoms with van der Waals surface area (Å²) in [6.45, 7) is 1.53. The predicted molar refractivity (Wildman–Crippen MR) is 159 cm³/mol. The first-order valence-corrected chi connectivity index (χ1v) is 14.3. The van der Waals surface area contributed by atoms with Gasteiger partial charge in [0.1, 0.15) is 18.0 Å². The van der Waals surface area contributed by atoms with Crippen LogP contribution in [0.1, 0.15) is 56.3 Å². The number of carbonyl (C=O) groups is 1. The zero-order chi connectivity index (χ0) is 28.6. The topological polar surface area (TPSA) is 125 Å². The van der Waals surface area contributed by atoms with Crippen LogP contribution in [0.5, 0.6) is 5.75 Å². The molecule has 11 heteroatoms. The van der Waals surface area contributed by atoms with Crippen molar-refractivity contribution in [1.29, 1.82) is 0 Å². The second kappa shape index (κ2) is 13.2. The highest BCUT2D eigenvalue weighted by atomic mass is 32.2. The van der Waals surface area contributed by atoms with Crippen molar-refractivity contribution in [3.05, 3.63) is 100 Å². The first-order chi connectivity index (χ1) is 20.0. The molecular formula is C30H30N6O4S. The molecule has 1 heterocycles. The first kappa shape index (κ1) is 28.0. The van der Waals surface area contributed by atoms with E-state index in [1.54, 1.807) is 12.1 Å². The van der Waals surface area contributed by atoms with E-state index in [-0.39, 0.29) is 28.8 Å². The van der Waals surface area contributed by atoms with Gasteiger partial charge in [-0.05, 0) is 66.4 Å². The lowest BCUT2D eigenvalue weighted by atomic mass is 9.84. The Labute approximate surface area is 242 Å². The van der Waals surface area contributed by atoms with Gasteiger partial charge in [0.05, 0.1) is 4.92 Å². The van der Waals surface area contributed by atoms with E-state index < -0.39 is 4.92 Å². The number of thioether (sulfide) groups is 1. The summed E-state index contributed by atoms with van der Waals surface area (Å²) >= 11 is 1.01. The predicted octanol–water partition coefficient (Wildman–Crippen LogP) is 6.91. The Bertz CT molecular complexity index is 1530. The largest absolute Gasteiger partial charge is 0.486 e. The SMILES string of the molecule is CC(=O)/C(=N\Nc1ccccc1[N+](=O)[O-])Sc1nnc(COc2ccc(C3CCCCC3)cc2)n1-c1ccccc1. The van der Waals surface area contributed by atoms with E-state index in [4.69, 9.17) is 4.74 Å². The van der Waals surface area contributed by atoms with Gasteiger partial charge in [-0.15, -0.1) is 10.2 Å². The van der Waals surface area contributed by atoms with Crippen molar-refractivity contribution in [3.8, 4) is 11.4 Å². The third kappa shape index (κ3) is 6.98. The molecule has 1 saturated carbocycles. The number of anilines is 1. The van der Waals surface area contributed by atoms with Crippen molar-refractivity contribution in [1.82, 2.24) is 14.8 Å². The van der Waals surface area contributed by atoms with Crippen LogP contribution in [-0.2, 0) is 11.4 Å². The molecule has 0 bridgehead atoms. The molecule has 0 spiro atoms. The van der Waals surface area contributed by atoms with Gasteiger partial charge in [0.15, 0.2) is 16.7 Å². The number of aromatic nitrogens is 3. The molecule has 1 aliphatic rings. The van der Waals surface area contributed by atoms with Gasteiger partial charge in [0, 0.05) is 18.7 Å². The lowest BCUT2D eigenvalue weighted by Crippen LogP contribution is -2.11. The van der Waals surface area contributed by atoms with E-state index in [2.05, 4.69) is 32.9 Å². The molecule has 210 valence electrons. The first-order valence-electron chi connectivity index (χ1n) is 13.5. The number of nitrogens with one attached hydrogen (secondary N) is 1. The number of hydrazone groups is 1. The molecular weight excluding hydrogens is 540 g/mol. The fourth-order valence-corrected chi connectivity index (χ4v) is 5.61. The average Bonchev–Trinajstić information content (AvgIpc) is 3.41. The molecule has 0 atom stereocenters. The number of hydrogen-bond acceptors (Lipinski definition) is 9. The van der Waals surface area contributed by atoms with E-state index in [9.17, 15) is 14.9 Å². The molecule has 0 radical (unpaired) electrons. The maximum Gasteiger partial charge on any atom is 0.294 e. The number of ketones is 1. The maximum absolute atomic E-state index is 12.5. The second-order valence-corrected chi connectivity index (χ2v) is 10.7. The van der Waals surface area contributed by atoms with Gasteiger partial charge in [-0.25, -0.2) is 0 Å². The van der Waals surface area contributed by atoms with Crippen molar-refractivity contribution in [3.63, 3.8) is 0 Å². The molecule has 5 rings (SSSR count). The lowest BCUT2D eigenvalue weighted by Gasteiger charge is -2.22. The molecule has 0 unspecified atom stereocenters. The number of nitro benzene ring substituents is 1. The maximum atomic E-state index is 12.5. The standard InChI is InChI=1S/C30H30N6O4S/c1-21(37)29(33-31-26-14-8-9-15-27(26)36(38)39)41-30-34-32-28(35(30)24-12-6-3-7-13-24)20-40-25-18-16-23(17-19-25)22-10-4-2-5-11-22/h3,6-9,12-19,22,31H,2,4-5,10-11,20H2,1H3/b33-29+. The summed E-state index contributed by atoms with van der Waals surface area (Å²) in [7, 11) is 0. The number of nitro groups is 1. The Hall–Kier alpha value is -4.51. The van der Waals surface area contributed by atoms with E-state index in [1.165, 1.54) is 56.7 Å². The fraction of sp³-hybridized carbons (Fsp3) is 0.267. The third-order valence-electron chi connectivity index (χ3n) is 6.91. The average molecular weight is 571 g/mol. The van der Waals surface area contributed by atoms with Gasteiger partial charge >= 0.3 is 0 Å². The molecule has 41 heavy (non-hydrogen) atoms. The molecule has 1 N–H and O–H groups in total. The summed E-state index contributed by atoms with van der Waals surface area (Å²) in [5, 5.41) is 24.7. The van der Waals surface area contributed by atoms with Gasteiger partial charge in [-0.1, -0.05) is 61.7 Å². The summed E-state index contributed by atoms with van der Waals surface area (Å²) in [6, 6.07) is 23.9. The van der Waals surface area contributed by atoms with E-state index in [0.29, 0.717) is 16.9 Å². The number of hydrogen-bond donors (Lipinski definition) is 1. The highest BCUT2D eigenvalue weighted by Crippen LogP contribution is 2.33. The molecule has 10 nitrogen and oxygen atoms in total. The number of carbonyl (C=O) groups excluding carboxylic acids is 1. The number of rotatable bonds is 10. The van der Waals surface area contributed by atoms with Gasteiger partial charge in [-0.2, -0.15) is 5.10 Å². The van der Waals surface area contributed by atoms with Gasteiger partial charge in [-0.3, -0.25) is 24.9 Å². The molecule has 1 aromatic heterocycles. The van der Waals surface area contributed by atoms with Crippen LogP contribution in [0.2, 0.25) is 0 Å². The van der Waals surface area contributed by atoms with Crippen LogP contribution >= 0.6 is 11.8 Å². The van der Waals surface area contributed by atoms with Crippen molar-refractivity contribution in [2.75, 3.05) is 5.43 Å². The van der Waals surface area contributed by atoms with E-state index in [1.807, 2.05) is 47.0 Å². The Kier molecular flexibility index (Phi) is 9.05. The van der Waals surface area contributed by atoms with Crippen LogP contribution in [0, 0.1) is 10.1 Å². The number of para-hydroxylation sites is 3. The lowest BCUT2D eigenvalue weighted by molar-refractivity contribution is -0.384. The molecule has 0 saturated heterocycles. The number of Topliss-reactive ketones (excluding diaryl/α,β-unsaturated/α-hetero) is 1. The van der Waals surface area contributed by atoms with Crippen molar-refractivity contribution in [2.45, 2.75) is 56.7 Å². The summed E-state index contributed by atoms with van der Waals surface area (Å²) in [4.78, 5) is 23.3. The Morgan fingerprint density at radius 2 is 1.73 bits per heavy atom.